The molecule has 0 saturated carbocycles. The fourth-order valence-electron chi connectivity index (χ4n) is 2.16. The summed E-state index contributed by atoms with van der Waals surface area (Å²) in [6, 6.07) is 1.80. The van der Waals surface area contributed by atoms with Gasteiger partial charge in [-0.3, -0.25) is 0 Å². The Morgan fingerprint density at radius 2 is 2.17 bits per heavy atom. The molecule has 1 aliphatic rings. The third-order valence-corrected chi connectivity index (χ3v) is 3.20. The minimum Gasteiger partial charge on any atom is -0.475 e. The first-order valence-electron chi connectivity index (χ1n) is 6.63. The quantitative estimate of drug-likeness (QED) is 0.876. The van der Waals surface area contributed by atoms with Crippen LogP contribution in [-0.2, 0) is 0 Å². The molecule has 1 saturated heterocycles. The molecule has 100 valence electrons. The van der Waals surface area contributed by atoms with Crippen LogP contribution in [0.2, 0.25) is 0 Å². The first kappa shape index (κ1) is 13.1. The van der Waals surface area contributed by atoms with E-state index in [2.05, 4.69) is 14.9 Å². The summed E-state index contributed by atoms with van der Waals surface area (Å²) >= 11 is 0. The maximum Gasteiger partial charge on any atom is 0.228 e. The van der Waals surface area contributed by atoms with Crippen LogP contribution in [0.3, 0.4) is 0 Å². The number of anilines is 1. The number of nitrogens with two attached hydrogens (primary N) is 1. The maximum atomic E-state index is 5.70. The van der Waals surface area contributed by atoms with Crippen LogP contribution in [-0.4, -0.2) is 35.7 Å². The SMILES string of the molecule is CC(C)Oc1ccnc(N2CCC(CN)CC2)n1. The van der Waals surface area contributed by atoms with Gasteiger partial charge in [0.1, 0.15) is 0 Å². The lowest BCUT2D eigenvalue weighted by Crippen LogP contribution is -2.37. The van der Waals surface area contributed by atoms with E-state index in [0.29, 0.717) is 11.8 Å². The molecule has 2 heterocycles. The van der Waals surface area contributed by atoms with Gasteiger partial charge >= 0.3 is 0 Å². The molecular weight excluding hydrogens is 228 g/mol. The van der Waals surface area contributed by atoms with Gasteiger partial charge in [-0.15, -0.1) is 0 Å². The highest BCUT2D eigenvalue weighted by Gasteiger charge is 2.20. The van der Waals surface area contributed by atoms with E-state index < -0.39 is 0 Å². The van der Waals surface area contributed by atoms with Crippen LogP contribution in [0.15, 0.2) is 12.3 Å². The molecule has 5 heteroatoms. The summed E-state index contributed by atoms with van der Waals surface area (Å²) in [4.78, 5) is 11.0. The van der Waals surface area contributed by atoms with Crippen LogP contribution in [0.4, 0.5) is 5.95 Å². The second-order valence-corrected chi connectivity index (χ2v) is 5.03. The van der Waals surface area contributed by atoms with E-state index in [9.17, 15) is 0 Å². The predicted octanol–water partition coefficient (Wildman–Crippen LogP) is 1.44. The molecule has 0 spiro atoms. The number of hydrogen-bond donors (Lipinski definition) is 1. The molecule has 0 unspecified atom stereocenters. The molecule has 1 aromatic heterocycles. The van der Waals surface area contributed by atoms with Crippen molar-refractivity contribution in [3.8, 4) is 5.88 Å². The van der Waals surface area contributed by atoms with Gasteiger partial charge in [0.05, 0.1) is 6.10 Å². The lowest BCUT2D eigenvalue weighted by molar-refractivity contribution is 0.232. The summed E-state index contributed by atoms with van der Waals surface area (Å²) in [7, 11) is 0. The number of hydrogen-bond acceptors (Lipinski definition) is 5. The fourth-order valence-corrected chi connectivity index (χ4v) is 2.16. The molecule has 1 aliphatic heterocycles. The molecular formula is C13H22N4O. The van der Waals surface area contributed by atoms with Gasteiger partial charge in [0.15, 0.2) is 0 Å². The molecule has 0 bridgehead atoms. The largest absolute Gasteiger partial charge is 0.475 e. The molecule has 0 radical (unpaired) electrons. The van der Waals surface area contributed by atoms with Crippen molar-refractivity contribution >= 4 is 5.95 Å². The summed E-state index contributed by atoms with van der Waals surface area (Å²) in [6.45, 7) is 6.73. The number of rotatable bonds is 4. The molecule has 1 fully saturated rings. The van der Waals surface area contributed by atoms with Gasteiger partial charge in [-0.2, -0.15) is 4.98 Å². The van der Waals surface area contributed by atoms with Crippen molar-refractivity contribution in [2.45, 2.75) is 32.8 Å². The van der Waals surface area contributed by atoms with Gasteiger partial charge in [0.2, 0.25) is 11.8 Å². The van der Waals surface area contributed by atoms with Gasteiger partial charge in [-0.1, -0.05) is 0 Å². The van der Waals surface area contributed by atoms with E-state index in [-0.39, 0.29) is 6.10 Å². The average Bonchev–Trinajstić information content (AvgIpc) is 2.38. The third kappa shape index (κ3) is 3.32. The monoisotopic (exact) mass is 250 g/mol. The summed E-state index contributed by atoms with van der Waals surface area (Å²) in [5, 5.41) is 0. The van der Waals surface area contributed by atoms with E-state index in [1.165, 1.54) is 0 Å². The third-order valence-electron chi connectivity index (χ3n) is 3.20. The Bertz CT molecular complexity index is 375. The maximum absolute atomic E-state index is 5.70. The summed E-state index contributed by atoms with van der Waals surface area (Å²) in [5.41, 5.74) is 5.70. The topological polar surface area (TPSA) is 64.3 Å². The van der Waals surface area contributed by atoms with E-state index in [4.69, 9.17) is 10.5 Å². The van der Waals surface area contributed by atoms with Gasteiger partial charge in [-0.25, -0.2) is 4.98 Å². The minimum atomic E-state index is 0.135. The Morgan fingerprint density at radius 1 is 1.44 bits per heavy atom. The van der Waals surface area contributed by atoms with Crippen LogP contribution in [0.5, 0.6) is 5.88 Å². The Morgan fingerprint density at radius 3 is 2.78 bits per heavy atom. The van der Waals surface area contributed by atoms with Crippen LogP contribution < -0.4 is 15.4 Å². The van der Waals surface area contributed by atoms with Crippen LogP contribution in [0, 0.1) is 5.92 Å². The Kier molecular flexibility index (Phi) is 4.36. The van der Waals surface area contributed by atoms with Crippen molar-refractivity contribution in [3.05, 3.63) is 12.3 Å². The number of piperidine rings is 1. The van der Waals surface area contributed by atoms with Gasteiger partial charge < -0.3 is 15.4 Å². The highest BCUT2D eigenvalue weighted by Crippen LogP contribution is 2.21. The molecule has 5 nitrogen and oxygen atoms in total. The number of ether oxygens (including phenoxy) is 1. The Hall–Kier alpha value is -1.36. The number of aromatic nitrogens is 2. The fraction of sp³-hybridized carbons (Fsp3) is 0.692. The molecule has 18 heavy (non-hydrogen) atoms. The van der Waals surface area contributed by atoms with Crippen molar-refractivity contribution in [3.63, 3.8) is 0 Å². The molecule has 2 N–H and O–H groups in total. The molecule has 0 aliphatic carbocycles. The molecule has 0 atom stereocenters. The zero-order valence-corrected chi connectivity index (χ0v) is 11.2. The van der Waals surface area contributed by atoms with E-state index in [1.54, 1.807) is 12.3 Å². The first-order valence-corrected chi connectivity index (χ1v) is 6.63. The normalized spacial score (nSPS) is 17.2. The van der Waals surface area contributed by atoms with Crippen molar-refractivity contribution in [2.24, 2.45) is 11.7 Å². The van der Waals surface area contributed by atoms with Crippen LogP contribution in [0.1, 0.15) is 26.7 Å². The highest BCUT2D eigenvalue weighted by molar-refractivity contribution is 5.32. The Labute approximate surface area is 108 Å². The lowest BCUT2D eigenvalue weighted by atomic mass is 9.97. The van der Waals surface area contributed by atoms with Gasteiger partial charge in [0.25, 0.3) is 0 Å². The van der Waals surface area contributed by atoms with E-state index in [1.807, 2.05) is 13.8 Å². The summed E-state index contributed by atoms with van der Waals surface area (Å²) in [5.74, 6) is 2.07. The smallest absolute Gasteiger partial charge is 0.228 e. The zero-order valence-electron chi connectivity index (χ0n) is 11.2. The Balaban J connectivity index is 2.00. The van der Waals surface area contributed by atoms with Gasteiger partial charge in [-0.05, 0) is 39.2 Å². The molecule has 0 aromatic carbocycles. The summed E-state index contributed by atoms with van der Waals surface area (Å²) < 4.78 is 5.59. The minimum absolute atomic E-state index is 0.135. The second kappa shape index (κ2) is 6.00. The van der Waals surface area contributed by atoms with E-state index in [0.717, 1.165) is 38.4 Å². The van der Waals surface area contributed by atoms with Crippen molar-refractivity contribution < 1.29 is 4.74 Å². The van der Waals surface area contributed by atoms with Crippen LogP contribution >= 0.6 is 0 Å². The van der Waals surface area contributed by atoms with Crippen molar-refractivity contribution in [2.75, 3.05) is 24.5 Å². The molecule has 2 rings (SSSR count). The predicted molar refractivity (Wildman–Crippen MR) is 71.8 cm³/mol. The average molecular weight is 250 g/mol. The highest BCUT2D eigenvalue weighted by atomic mass is 16.5. The standard InChI is InChI=1S/C13H22N4O/c1-10(2)18-12-3-6-15-13(16-12)17-7-4-11(9-14)5-8-17/h3,6,10-11H,4-5,7-9,14H2,1-2H3. The van der Waals surface area contributed by atoms with Gasteiger partial charge in [0, 0.05) is 25.4 Å². The lowest BCUT2D eigenvalue weighted by Gasteiger charge is -2.31. The molecule has 1 aromatic rings. The van der Waals surface area contributed by atoms with Crippen molar-refractivity contribution in [1.82, 2.24) is 9.97 Å². The van der Waals surface area contributed by atoms with Crippen LogP contribution in [0.25, 0.3) is 0 Å². The first-order chi connectivity index (χ1) is 8.69. The second-order valence-electron chi connectivity index (χ2n) is 5.03. The molecule has 0 amide bonds. The zero-order chi connectivity index (χ0) is 13.0. The van der Waals surface area contributed by atoms with E-state index >= 15 is 0 Å². The van der Waals surface area contributed by atoms with Crippen molar-refractivity contribution in [1.29, 1.82) is 0 Å². The summed E-state index contributed by atoms with van der Waals surface area (Å²) in [6.07, 6.45) is 4.13. The number of nitrogens with zero attached hydrogens (tertiary/aromatic N) is 3.